The lowest BCUT2D eigenvalue weighted by Crippen LogP contribution is -2.30. The van der Waals surface area contributed by atoms with Crippen molar-refractivity contribution in [2.24, 2.45) is 5.84 Å². The van der Waals surface area contributed by atoms with Crippen LogP contribution in [0.5, 0.6) is 0 Å². The van der Waals surface area contributed by atoms with Gasteiger partial charge in [-0.2, -0.15) is 0 Å². The molecule has 116 valence electrons. The van der Waals surface area contributed by atoms with Gasteiger partial charge in [0, 0.05) is 28.8 Å². The Morgan fingerprint density at radius 3 is 2.65 bits per heavy atom. The monoisotopic (exact) mass is 326 g/mol. The number of nitrogens with zero attached hydrogens (tertiary/aromatic N) is 2. The molecule has 0 aliphatic carbocycles. The summed E-state index contributed by atoms with van der Waals surface area (Å²) in [6, 6.07) is 15.3. The standard InChI is InChI=1S/C17H15ClN4O/c18-12-6-7-14-13(10-12)17(11-4-2-1-3-5-11)21-15(20-14)8-9-16(23)22-19/h1-7,10H,8-9,19H2,(H,22,23). The predicted molar refractivity (Wildman–Crippen MR) is 90.6 cm³/mol. The molecular formula is C17H15ClN4O. The number of nitrogens with two attached hydrogens (primary N) is 1. The highest BCUT2D eigenvalue weighted by atomic mass is 35.5. The van der Waals surface area contributed by atoms with Crippen molar-refractivity contribution in [1.82, 2.24) is 15.4 Å². The van der Waals surface area contributed by atoms with E-state index in [9.17, 15) is 4.79 Å². The summed E-state index contributed by atoms with van der Waals surface area (Å²) in [7, 11) is 0. The first-order chi connectivity index (χ1) is 11.2. The first kappa shape index (κ1) is 15.4. The molecule has 23 heavy (non-hydrogen) atoms. The van der Waals surface area contributed by atoms with Crippen molar-refractivity contribution in [2.45, 2.75) is 12.8 Å². The molecule has 0 spiro atoms. The first-order valence-corrected chi connectivity index (χ1v) is 7.56. The van der Waals surface area contributed by atoms with Crippen LogP contribution in [0.4, 0.5) is 0 Å². The Labute approximate surface area is 138 Å². The lowest BCUT2D eigenvalue weighted by molar-refractivity contribution is -0.121. The second-order valence-electron chi connectivity index (χ2n) is 5.08. The number of carbonyl (C=O) groups excluding carboxylic acids is 1. The maximum atomic E-state index is 11.3. The third-order valence-corrected chi connectivity index (χ3v) is 3.72. The summed E-state index contributed by atoms with van der Waals surface area (Å²) >= 11 is 6.12. The van der Waals surface area contributed by atoms with Crippen LogP contribution in [0.2, 0.25) is 5.02 Å². The number of nitrogens with one attached hydrogen (secondary N) is 1. The minimum atomic E-state index is -0.244. The highest BCUT2D eigenvalue weighted by molar-refractivity contribution is 6.31. The zero-order valence-electron chi connectivity index (χ0n) is 12.3. The molecule has 0 aliphatic rings. The van der Waals surface area contributed by atoms with Gasteiger partial charge in [0.15, 0.2) is 0 Å². The first-order valence-electron chi connectivity index (χ1n) is 7.18. The van der Waals surface area contributed by atoms with Crippen molar-refractivity contribution in [3.63, 3.8) is 0 Å². The van der Waals surface area contributed by atoms with Crippen LogP contribution in [-0.4, -0.2) is 15.9 Å². The Bertz CT molecular complexity index is 852. The Morgan fingerprint density at radius 1 is 1.13 bits per heavy atom. The number of benzene rings is 2. The van der Waals surface area contributed by atoms with E-state index >= 15 is 0 Å². The van der Waals surface area contributed by atoms with Gasteiger partial charge in [0.25, 0.3) is 0 Å². The number of halogens is 1. The average molecular weight is 327 g/mol. The summed E-state index contributed by atoms with van der Waals surface area (Å²) in [5, 5.41) is 1.52. The van der Waals surface area contributed by atoms with Gasteiger partial charge in [-0.05, 0) is 18.2 Å². The number of hydrogen-bond acceptors (Lipinski definition) is 4. The fourth-order valence-electron chi connectivity index (χ4n) is 2.37. The fraction of sp³-hybridized carbons (Fsp3) is 0.118. The molecule has 0 unspecified atom stereocenters. The van der Waals surface area contributed by atoms with Gasteiger partial charge in [-0.25, -0.2) is 15.8 Å². The molecule has 6 heteroatoms. The van der Waals surface area contributed by atoms with E-state index in [1.54, 1.807) is 6.07 Å². The van der Waals surface area contributed by atoms with Gasteiger partial charge in [0.1, 0.15) is 5.82 Å². The van der Waals surface area contributed by atoms with E-state index < -0.39 is 0 Å². The number of carbonyl (C=O) groups is 1. The fourth-order valence-corrected chi connectivity index (χ4v) is 2.55. The quantitative estimate of drug-likeness (QED) is 0.439. The van der Waals surface area contributed by atoms with E-state index in [-0.39, 0.29) is 12.3 Å². The Balaban J connectivity index is 2.11. The van der Waals surface area contributed by atoms with Gasteiger partial charge in [-0.15, -0.1) is 0 Å². The number of amides is 1. The predicted octanol–water partition coefficient (Wildman–Crippen LogP) is 2.87. The van der Waals surface area contributed by atoms with Gasteiger partial charge in [0.2, 0.25) is 5.91 Å². The van der Waals surface area contributed by atoms with E-state index in [0.29, 0.717) is 17.3 Å². The molecule has 0 radical (unpaired) electrons. The number of hydrazine groups is 1. The lowest BCUT2D eigenvalue weighted by atomic mass is 10.1. The molecule has 0 atom stereocenters. The highest BCUT2D eigenvalue weighted by Crippen LogP contribution is 2.28. The molecule has 1 amide bonds. The SMILES string of the molecule is NNC(=O)CCc1nc(-c2ccccc2)c2cc(Cl)ccc2n1. The zero-order valence-corrected chi connectivity index (χ0v) is 13.0. The topological polar surface area (TPSA) is 80.9 Å². The molecule has 3 N–H and O–H groups in total. The molecule has 1 heterocycles. The van der Waals surface area contributed by atoms with E-state index in [1.807, 2.05) is 42.5 Å². The van der Waals surface area contributed by atoms with Crippen LogP contribution in [0, 0.1) is 0 Å². The summed E-state index contributed by atoms with van der Waals surface area (Å²) in [5.41, 5.74) is 4.70. The van der Waals surface area contributed by atoms with Crippen LogP contribution in [0.25, 0.3) is 22.2 Å². The van der Waals surface area contributed by atoms with Gasteiger partial charge in [0.05, 0.1) is 11.2 Å². The maximum absolute atomic E-state index is 11.3. The maximum Gasteiger partial charge on any atom is 0.234 e. The van der Waals surface area contributed by atoms with Gasteiger partial charge in [-0.1, -0.05) is 41.9 Å². The molecule has 0 saturated carbocycles. The van der Waals surface area contributed by atoms with Crippen LogP contribution in [0.1, 0.15) is 12.2 Å². The molecule has 0 bridgehead atoms. The summed E-state index contributed by atoms with van der Waals surface area (Å²) in [6.45, 7) is 0. The van der Waals surface area contributed by atoms with Gasteiger partial charge in [-0.3, -0.25) is 10.2 Å². The summed E-state index contributed by atoms with van der Waals surface area (Å²) in [5.74, 6) is 5.46. The van der Waals surface area contributed by atoms with Crippen molar-refractivity contribution in [3.8, 4) is 11.3 Å². The number of fused-ring (bicyclic) bond motifs is 1. The number of hydrogen-bond donors (Lipinski definition) is 2. The van der Waals surface area contributed by atoms with Crippen LogP contribution in [0.15, 0.2) is 48.5 Å². The summed E-state index contributed by atoms with van der Waals surface area (Å²) < 4.78 is 0. The molecule has 3 rings (SSSR count). The number of aryl methyl sites for hydroxylation is 1. The van der Waals surface area contributed by atoms with E-state index in [4.69, 9.17) is 17.4 Å². The second kappa shape index (κ2) is 6.73. The third kappa shape index (κ3) is 3.47. The highest BCUT2D eigenvalue weighted by Gasteiger charge is 2.11. The minimum Gasteiger partial charge on any atom is -0.294 e. The van der Waals surface area contributed by atoms with Crippen molar-refractivity contribution in [2.75, 3.05) is 0 Å². The molecule has 5 nitrogen and oxygen atoms in total. The molecule has 0 aliphatic heterocycles. The van der Waals surface area contributed by atoms with Crippen molar-refractivity contribution in [3.05, 3.63) is 59.4 Å². The van der Waals surface area contributed by atoms with Crippen molar-refractivity contribution >= 4 is 28.4 Å². The van der Waals surface area contributed by atoms with E-state index in [0.717, 1.165) is 22.2 Å². The molecule has 0 saturated heterocycles. The minimum absolute atomic E-state index is 0.240. The molecule has 0 fully saturated rings. The van der Waals surface area contributed by atoms with Gasteiger partial charge >= 0.3 is 0 Å². The van der Waals surface area contributed by atoms with Crippen LogP contribution < -0.4 is 11.3 Å². The molecule has 3 aromatic rings. The Hall–Kier alpha value is -2.50. The van der Waals surface area contributed by atoms with Crippen LogP contribution in [-0.2, 0) is 11.2 Å². The molecular weight excluding hydrogens is 312 g/mol. The lowest BCUT2D eigenvalue weighted by Gasteiger charge is -2.09. The smallest absolute Gasteiger partial charge is 0.234 e. The summed E-state index contributed by atoms with van der Waals surface area (Å²) in [4.78, 5) is 20.5. The Kier molecular flexibility index (Phi) is 4.50. The molecule has 1 aromatic heterocycles. The Morgan fingerprint density at radius 2 is 1.91 bits per heavy atom. The van der Waals surface area contributed by atoms with Crippen molar-refractivity contribution < 1.29 is 4.79 Å². The van der Waals surface area contributed by atoms with E-state index in [1.165, 1.54) is 0 Å². The van der Waals surface area contributed by atoms with Gasteiger partial charge < -0.3 is 0 Å². The molecule has 2 aromatic carbocycles. The van der Waals surface area contributed by atoms with E-state index in [2.05, 4.69) is 15.4 Å². The largest absolute Gasteiger partial charge is 0.294 e. The normalized spacial score (nSPS) is 10.7. The number of aromatic nitrogens is 2. The van der Waals surface area contributed by atoms with Crippen LogP contribution >= 0.6 is 11.6 Å². The summed E-state index contributed by atoms with van der Waals surface area (Å²) in [6.07, 6.45) is 0.658. The third-order valence-electron chi connectivity index (χ3n) is 3.49. The average Bonchev–Trinajstić information content (AvgIpc) is 2.59. The van der Waals surface area contributed by atoms with Crippen molar-refractivity contribution in [1.29, 1.82) is 0 Å². The van der Waals surface area contributed by atoms with Crippen LogP contribution in [0.3, 0.4) is 0 Å². The second-order valence-corrected chi connectivity index (χ2v) is 5.52. The number of rotatable bonds is 4. The zero-order chi connectivity index (χ0) is 16.2.